The zero-order valence-electron chi connectivity index (χ0n) is 8.47. The molecular weight excluding hydrogens is 210 g/mol. The van der Waals surface area contributed by atoms with E-state index in [2.05, 4.69) is 10.1 Å². The van der Waals surface area contributed by atoms with E-state index in [9.17, 15) is 9.59 Å². The largest absolute Gasteiger partial charge is 0.477 e. The molecule has 0 atom stereocenters. The van der Waals surface area contributed by atoms with Crippen LogP contribution in [0.2, 0.25) is 0 Å². The lowest BCUT2D eigenvalue weighted by atomic mass is 10.3. The van der Waals surface area contributed by atoms with Gasteiger partial charge >= 0.3 is 5.97 Å². The summed E-state index contributed by atoms with van der Waals surface area (Å²) in [4.78, 5) is 26.3. The van der Waals surface area contributed by atoms with Gasteiger partial charge in [-0.15, -0.1) is 0 Å². The number of hydrogen-bond acceptors (Lipinski definition) is 3. The Balaban J connectivity index is 2.58. The maximum absolute atomic E-state index is 11.6. The second kappa shape index (κ2) is 3.65. The number of nitrogens with one attached hydrogen (secondary N) is 1. The summed E-state index contributed by atoms with van der Waals surface area (Å²) >= 11 is 0. The van der Waals surface area contributed by atoms with Crippen LogP contribution in [0.4, 0.5) is 0 Å². The fourth-order valence-corrected chi connectivity index (χ4v) is 1.34. The van der Waals surface area contributed by atoms with Crippen molar-refractivity contribution >= 4 is 5.97 Å². The van der Waals surface area contributed by atoms with Crippen LogP contribution < -0.4 is 5.56 Å². The number of rotatable bonds is 2. The minimum absolute atomic E-state index is 0.302. The van der Waals surface area contributed by atoms with Gasteiger partial charge in [0.2, 0.25) is 0 Å². The summed E-state index contributed by atoms with van der Waals surface area (Å²) in [5.74, 6) is -0.884. The summed E-state index contributed by atoms with van der Waals surface area (Å²) in [7, 11) is 0. The molecule has 0 saturated carbocycles. The van der Waals surface area contributed by atoms with Crippen LogP contribution in [-0.4, -0.2) is 25.8 Å². The maximum Gasteiger partial charge on any atom is 0.342 e. The zero-order chi connectivity index (χ0) is 11.7. The molecular formula is C10H9N3O3. The predicted octanol–water partition coefficient (Wildman–Crippen LogP) is 0.567. The first-order chi connectivity index (χ1) is 7.59. The van der Waals surface area contributed by atoms with Gasteiger partial charge in [0.15, 0.2) is 5.82 Å². The summed E-state index contributed by atoms with van der Waals surface area (Å²) in [6.07, 6.45) is 2.70. The Morgan fingerprint density at radius 1 is 1.56 bits per heavy atom. The van der Waals surface area contributed by atoms with E-state index in [1.807, 2.05) is 6.92 Å². The first-order valence-electron chi connectivity index (χ1n) is 4.56. The molecule has 0 aromatic carbocycles. The molecule has 0 fully saturated rings. The van der Waals surface area contributed by atoms with Crippen molar-refractivity contribution in [3.05, 3.63) is 46.0 Å². The quantitative estimate of drug-likeness (QED) is 0.772. The maximum atomic E-state index is 11.6. The standard InChI is InChI=1S/C10H9N3O3/c1-6-2-3-11-8(4-6)13-9(14)7(5-12-13)10(15)16/h2-5,12H,1H3,(H,15,16). The predicted molar refractivity (Wildman–Crippen MR) is 55.9 cm³/mol. The average Bonchev–Trinajstić information content (AvgIpc) is 2.60. The number of H-pyrrole nitrogens is 1. The van der Waals surface area contributed by atoms with Crippen molar-refractivity contribution in [3.63, 3.8) is 0 Å². The SMILES string of the molecule is Cc1ccnc(-n2[nH]cc(C(=O)O)c2=O)c1. The molecule has 0 unspecified atom stereocenters. The van der Waals surface area contributed by atoms with Crippen LogP contribution >= 0.6 is 0 Å². The third-order valence-electron chi connectivity index (χ3n) is 2.13. The van der Waals surface area contributed by atoms with E-state index in [-0.39, 0.29) is 5.56 Å². The van der Waals surface area contributed by atoms with Gasteiger partial charge in [-0.3, -0.25) is 9.89 Å². The van der Waals surface area contributed by atoms with E-state index in [0.717, 1.165) is 16.4 Å². The van der Waals surface area contributed by atoms with Crippen molar-refractivity contribution in [1.29, 1.82) is 0 Å². The first kappa shape index (κ1) is 10.2. The van der Waals surface area contributed by atoms with Crippen molar-refractivity contribution in [1.82, 2.24) is 14.8 Å². The highest BCUT2D eigenvalue weighted by atomic mass is 16.4. The van der Waals surface area contributed by atoms with E-state index in [1.165, 1.54) is 0 Å². The number of aromatic carboxylic acids is 1. The van der Waals surface area contributed by atoms with Gasteiger partial charge < -0.3 is 5.11 Å². The third-order valence-corrected chi connectivity index (χ3v) is 2.13. The Hall–Kier alpha value is -2.37. The molecule has 0 spiro atoms. The topological polar surface area (TPSA) is 88.0 Å². The Labute approximate surface area is 90.2 Å². The average molecular weight is 219 g/mol. The van der Waals surface area contributed by atoms with E-state index in [4.69, 9.17) is 5.11 Å². The van der Waals surface area contributed by atoms with Gasteiger partial charge in [-0.1, -0.05) is 0 Å². The summed E-state index contributed by atoms with van der Waals surface area (Å²) in [5, 5.41) is 11.3. The van der Waals surface area contributed by atoms with Gasteiger partial charge in [-0.05, 0) is 24.6 Å². The number of carboxylic acid groups (broad SMARTS) is 1. The fourth-order valence-electron chi connectivity index (χ4n) is 1.34. The molecule has 2 rings (SSSR count). The van der Waals surface area contributed by atoms with Crippen LogP contribution in [0.25, 0.3) is 5.82 Å². The Kier molecular flexibility index (Phi) is 2.32. The van der Waals surface area contributed by atoms with Gasteiger partial charge in [0.25, 0.3) is 5.56 Å². The molecule has 0 aliphatic rings. The Morgan fingerprint density at radius 3 is 2.88 bits per heavy atom. The minimum Gasteiger partial charge on any atom is -0.477 e. The molecule has 0 aliphatic carbocycles. The lowest BCUT2D eigenvalue weighted by Gasteiger charge is -2.00. The lowest BCUT2D eigenvalue weighted by Crippen LogP contribution is -2.20. The second-order valence-electron chi connectivity index (χ2n) is 3.32. The molecule has 2 aromatic heterocycles. The van der Waals surface area contributed by atoms with Crippen LogP contribution in [0.15, 0.2) is 29.3 Å². The normalized spacial score (nSPS) is 10.3. The highest BCUT2D eigenvalue weighted by Gasteiger charge is 2.14. The summed E-state index contributed by atoms with van der Waals surface area (Å²) in [6, 6.07) is 3.47. The van der Waals surface area contributed by atoms with Crippen molar-refractivity contribution in [2.24, 2.45) is 0 Å². The highest BCUT2D eigenvalue weighted by Crippen LogP contribution is 2.03. The molecule has 0 aliphatic heterocycles. The number of carbonyl (C=O) groups is 1. The molecule has 16 heavy (non-hydrogen) atoms. The minimum atomic E-state index is -1.26. The smallest absolute Gasteiger partial charge is 0.342 e. The number of aromatic nitrogens is 3. The van der Waals surface area contributed by atoms with Crippen LogP contribution in [0.1, 0.15) is 15.9 Å². The number of pyridine rings is 1. The number of nitrogens with zero attached hydrogens (tertiary/aromatic N) is 2. The number of aromatic amines is 1. The Bertz CT molecular complexity index is 597. The van der Waals surface area contributed by atoms with Crippen molar-refractivity contribution < 1.29 is 9.90 Å². The van der Waals surface area contributed by atoms with Crippen LogP contribution in [0, 0.1) is 6.92 Å². The molecule has 0 saturated heterocycles. The Morgan fingerprint density at radius 2 is 2.31 bits per heavy atom. The summed E-state index contributed by atoms with van der Waals surface area (Å²) in [5.41, 5.74) is 0.0114. The van der Waals surface area contributed by atoms with E-state index >= 15 is 0 Å². The molecule has 6 nitrogen and oxygen atoms in total. The lowest BCUT2D eigenvalue weighted by molar-refractivity contribution is 0.0695. The molecule has 0 radical (unpaired) electrons. The van der Waals surface area contributed by atoms with Crippen LogP contribution in [-0.2, 0) is 0 Å². The van der Waals surface area contributed by atoms with Crippen LogP contribution in [0.3, 0.4) is 0 Å². The number of aryl methyl sites for hydroxylation is 1. The molecule has 2 aromatic rings. The van der Waals surface area contributed by atoms with Gasteiger partial charge in [0.05, 0.1) is 0 Å². The van der Waals surface area contributed by atoms with E-state index in [1.54, 1.807) is 18.3 Å². The monoisotopic (exact) mass is 219 g/mol. The van der Waals surface area contributed by atoms with Crippen LogP contribution in [0.5, 0.6) is 0 Å². The number of hydrogen-bond donors (Lipinski definition) is 2. The molecule has 0 bridgehead atoms. The third kappa shape index (κ3) is 1.60. The van der Waals surface area contributed by atoms with Crippen molar-refractivity contribution in [2.75, 3.05) is 0 Å². The second-order valence-corrected chi connectivity index (χ2v) is 3.32. The first-order valence-corrected chi connectivity index (χ1v) is 4.56. The van der Waals surface area contributed by atoms with E-state index < -0.39 is 11.5 Å². The van der Waals surface area contributed by atoms with Gasteiger partial charge in [-0.2, -0.15) is 0 Å². The van der Waals surface area contributed by atoms with Crippen molar-refractivity contribution in [2.45, 2.75) is 6.92 Å². The summed E-state index contributed by atoms with van der Waals surface area (Å²) in [6.45, 7) is 1.86. The molecule has 0 amide bonds. The van der Waals surface area contributed by atoms with Gasteiger partial charge in [0.1, 0.15) is 5.56 Å². The molecule has 2 N–H and O–H groups in total. The van der Waals surface area contributed by atoms with E-state index in [0.29, 0.717) is 5.82 Å². The summed E-state index contributed by atoms with van der Waals surface area (Å²) < 4.78 is 1.09. The van der Waals surface area contributed by atoms with Gasteiger partial charge in [0, 0.05) is 12.4 Å². The van der Waals surface area contributed by atoms with Crippen molar-refractivity contribution in [3.8, 4) is 5.82 Å². The fraction of sp³-hybridized carbons (Fsp3) is 0.100. The number of carboxylic acids is 1. The van der Waals surface area contributed by atoms with Gasteiger partial charge in [-0.25, -0.2) is 14.5 Å². The zero-order valence-corrected chi connectivity index (χ0v) is 8.47. The molecule has 82 valence electrons. The molecule has 6 heteroatoms. The highest BCUT2D eigenvalue weighted by molar-refractivity contribution is 5.86. The molecule has 2 heterocycles.